The fourth-order valence-corrected chi connectivity index (χ4v) is 3.45. The number of hydrogen-bond acceptors (Lipinski definition) is 6. The molecule has 0 radical (unpaired) electrons. The highest BCUT2D eigenvalue weighted by Crippen LogP contribution is 2.24. The molecule has 1 aromatic carbocycles. The molecule has 0 fully saturated rings. The summed E-state index contributed by atoms with van der Waals surface area (Å²) >= 11 is 1.55. The van der Waals surface area contributed by atoms with Crippen molar-refractivity contribution in [3.63, 3.8) is 0 Å². The summed E-state index contributed by atoms with van der Waals surface area (Å²) in [5.41, 5.74) is 0.177. The van der Waals surface area contributed by atoms with Crippen LogP contribution in [-0.2, 0) is 25.7 Å². The average molecular weight is 467 g/mol. The summed E-state index contributed by atoms with van der Waals surface area (Å²) in [7, 11) is 0. The minimum atomic E-state index is -0.853. The molecule has 2 N–H and O–H groups in total. The van der Waals surface area contributed by atoms with Crippen molar-refractivity contribution in [3.05, 3.63) is 35.9 Å². The third kappa shape index (κ3) is 11.4. The number of ether oxygens (including phenoxy) is 2. The molecule has 32 heavy (non-hydrogen) atoms. The number of carbonyl (C=O) groups excluding carboxylic acids is 3. The standard InChI is InChI=1S/C24H38N2O5S/c1-16(2)19(26-22(29)31-23(3,4)5)20(27)25-18(15-32-24(6,7)8)21(28)30-14-17-12-10-9-11-13-17/h9-13,16,18-19H,14-15H2,1-8H3,(H,25,27)(H,26,29)/t18-,19-/m0/s1. The molecule has 0 bridgehead atoms. The van der Waals surface area contributed by atoms with Gasteiger partial charge >= 0.3 is 12.1 Å². The zero-order chi connectivity index (χ0) is 24.5. The second-order valence-corrected chi connectivity index (χ2v) is 11.8. The third-order valence-electron chi connectivity index (χ3n) is 4.13. The van der Waals surface area contributed by atoms with Crippen LogP contribution in [0.4, 0.5) is 4.79 Å². The molecule has 1 aromatic rings. The molecular weight excluding hydrogens is 428 g/mol. The van der Waals surface area contributed by atoms with Crippen molar-refractivity contribution in [1.82, 2.24) is 10.6 Å². The summed E-state index contributed by atoms with van der Waals surface area (Å²) in [6.45, 7) is 15.1. The highest BCUT2D eigenvalue weighted by Gasteiger charge is 2.31. The van der Waals surface area contributed by atoms with Crippen LogP contribution in [-0.4, -0.2) is 46.2 Å². The van der Waals surface area contributed by atoms with Crippen LogP contribution in [0.5, 0.6) is 0 Å². The number of hydrogen-bond donors (Lipinski definition) is 2. The molecule has 180 valence electrons. The number of benzene rings is 1. The molecule has 0 saturated carbocycles. The van der Waals surface area contributed by atoms with E-state index in [1.54, 1.807) is 32.5 Å². The Kier molecular flexibility index (Phi) is 10.5. The number of rotatable bonds is 9. The lowest BCUT2D eigenvalue weighted by atomic mass is 10.0. The number of esters is 1. The maximum Gasteiger partial charge on any atom is 0.408 e. The van der Waals surface area contributed by atoms with Gasteiger partial charge in [0.25, 0.3) is 0 Å². The van der Waals surface area contributed by atoms with Gasteiger partial charge in [-0.05, 0) is 32.3 Å². The van der Waals surface area contributed by atoms with Gasteiger partial charge in [-0.15, -0.1) is 0 Å². The van der Waals surface area contributed by atoms with E-state index >= 15 is 0 Å². The molecule has 2 atom stereocenters. The van der Waals surface area contributed by atoms with E-state index in [9.17, 15) is 14.4 Å². The van der Waals surface area contributed by atoms with Crippen LogP contribution in [0.1, 0.15) is 61.0 Å². The van der Waals surface area contributed by atoms with Crippen LogP contribution in [0.25, 0.3) is 0 Å². The van der Waals surface area contributed by atoms with Crippen LogP contribution >= 0.6 is 11.8 Å². The molecule has 8 heteroatoms. The molecule has 0 aromatic heterocycles. The van der Waals surface area contributed by atoms with Crippen molar-refractivity contribution in [1.29, 1.82) is 0 Å². The number of nitrogens with one attached hydrogen (secondary N) is 2. The van der Waals surface area contributed by atoms with E-state index < -0.39 is 35.7 Å². The minimum absolute atomic E-state index is 0.102. The van der Waals surface area contributed by atoms with Crippen molar-refractivity contribution in [2.45, 2.75) is 84.4 Å². The highest BCUT2D eigenvalue weighted by atomic mass is 32.2. The van der Waals surface area contributed by atoms with Crippen LogP contribution in [0.3, 0.4) is 0 Å². The van der Waals surface area contributed by atoms with Crippen molar-refractivity contribution in [2.75, 3.05) is 5.75 Å². The first-order chi connectivity index (χ1) is 14.7. The Labute approximate surface area is 196 Å². The zero-order valence-electron chi connectivity index (χ0n) is 20.5. The lowest BCUT2D eigenvalue weighted by molar-refractivity contribution is -0.148. The third-order valence-corrected chi connectivity index (χ3v) is 5.50. The zero-order valence-corrected chi connectivity index (χ0v) is 21.3. The minimum Gasteiger partial charge on any atom is -0.459 e. The van der Waals surface area contributed by atoms with Gasteiger partial charge in [0.1, 0.15) is 24.3 Å². The van der Waals surface area contributed by atoms with Gasteiger partial charge in [-0.2, -0.15) is 11.8 Å². The first-order valence-electron chi connectivity index (χ1n) is 10.8. The molecular formula is C24H38N2O5S. The van der Waals surface area contributed by atoms with E-state index in [0.29, 0.717) is 5.75 Å². The number of amides is 2. The van der Waals surface area contributed by atoms with E-state index in [0.717, 1.165) is 5.56 Å². The monoisotopic (exact) mass is 466 g/mol. The Morgan fingerprint density at radius 2 is 1.56 bits per heavy atom. The van der Waals surface area contributed by atoms with Crippen LogP contribution in [0.15, 0.2) is 30.3 Å². The normalized spacial score (nSPS) is 13.8. The van der Waals surface area contributed by atoms with Crippen molar-refractivity contribution in [3.8, 4) is 0 Å². The smallest absolute Gasteiger partial charge is 0.408 e. The first-order valence-corrected chi connectivity index (χ1v) is 11.8. The van der Waals surface area contributed by atoms with Gasteiger partial charge in [0.05, 0.1) is 0 Å². The lowest BCUT2D eigenvalue weighted by Gasteiger charge is -2.27. The summed E-state index contributed by atoms with van der Waals surface area (Å²) in [6.07, 6.45) is -0.682. The lowest BCUT2D eigenvalue weighted by Crippen LogP contribution is -2.55. The van der Waals surface area contributed by atoms with Crippen molar-refractivity contribution >= 4 is 29.7 Å². The molecule has 0 saturated heterocycles. The summed E-state index contributed by atoms with van der Waals surface area (Å²) in [6, 6.07) is 7.65. The number of thioether (sulfide) groups is 1. The van der Waals surface area contributed by atoms with Gasteiger partial charge in [-0.25, -0.2) is 9.59 Å². The Morgan fingerprint density at radius 3 is 2.06 bits per heavy atom. The maximum atomic E-state index is 13.0. The molecule has 7 nitrogen and oxygen atoms in total. The first kappa shape index (κ1) is 27.8. The fourth-order valence-electron chi connectivity index (χ4n) is 2.56. The molecule has 2 amide bonds. The summed E-state index contributed by atoms with van der Waals surface area (Å²) in [5, 5.41) is 5.39. The fraction of sp³-hybridized carbons (Fsp3) is 0.625. The van der Waals surface area contributed by atoms with E-state index in [1.165, 1.54) is 0 Å². The van der Waals surface area contributed by atoms with E-state index in [1.807, 2.05) is 65.0 Å². The molecule has 0 heterocycles. The predicted molar refractivity (Wildman–Crippen MR) is 128 cm³/mol. The van der Waals surface area contributed by atoms with Crippen molar-refractivity contribution in [2.24, 2.45) is 5.92 Å². The maximum absolute atomic E-state index is 13.0. The average Bonchev–Trinajstić information content (AvgIpc) is 2.65. The Balaban J connectivity index is 2.88. The summed E-state index contributed by atoms with van der Waals surface area (Å²) in [5.74, 6) is -0.834. The summed E-state index contributed by atoms with van der Waals surface area (Å²) in [4.78, 5) is 38.0. The van der Waals surface area contributed by atoms with Gasteiger partial charge in [0.15, 0.2) is 0 Å². The number of carbonyl (C=O) groups is 3. The van der Waals surface area contributed by atoms with Crippen molar-refractivity contribution < 1.29 is 23.9 Å². The topological polar surface area (TPSA) is 93.7 Å². The molecule has 0 spiro atoms. The quantitative estimate of drug-likeness (QED) is 0.527. The van der Waals surface area contributed by atoms with Gasteiger partial charge in [-0.3, -0.25) is 4.79 Å². The molecule has 1 rings (SSSR count). The Bertz CT molecular complexity index is 754. The van der Waals surface area contributed by atoms with Gasteiger partial charge in [0.2, 0.25) is 5.91 Å². The number of alkyl carbamates (subject to hydrolysis) is 1. The molecule has 0 unspecified atom stereocenters. The van der Waals surface area contributed by atoms with Crippen LogP contribution in [0, 0.1) is 5.92 Å². The van der Waals surface area contributed by atoms with Crippen LogP contribution < -0.4 is 10.6 Å². The predicted octanol–water partition coefficient (Wildman–Crippen LogP) is 4.30. The molecule has 0 aliphatic heterocycles. The van der Waals surface area contributed by atoms with E-state index in [2.05, 4.69) is 10.6 Å². The molecule has 0 aliphatic rings. The second-order valence-electron chi connectivity index (χ2n) is 9.95. The molecule has 0 aliphatic carbocycles. The van der Waals surface area contributed by atoms with E-state index in [4.69, 9.17) is 9.47 Å². The summed E-state index contributed by atoms with van der Waals surface area (Å²) < 4.78 is 10.6. The van der Waals surface area contributed by atoms with Crippen LogP contribution in [0.2, 0.25) is 0 Å². The van der Waals surface area contributed by atoms with E-state index in [-0.39, 0.29) is 17.3 Å². The SMILES string of the molecule is CC(C)[C@H](NC(=O)OC(C)(C)C)C(=O)N[C@@H](CSC(C)(C)C)C(=O)OCc1ccccc1. The second kappa shape index (κ2) is 12.1. The Hall–Kier alpha value is -2.22. The van der Waals surface area contributed by atoms with Gasteiger partial charge in [0, 0.05) is 10.5 Å². The highest BCUT2D eigenvalue weighted by molar-refractivity contribution is 8.00. The van der Waals surface area contributed by atoms with Gasteiger partial charge < -0.3 is 20.1 Å². The largest absolute Gasteiger partial charge is 0.459 e. The Morgan fingerprint density at radius 1 is 0.969 bits per heavy atom. The van der Waals surface area contributed by atoms with Gasteiger partial charge in [-0.1, -0.05) is 65.0 Å².